The molecule has 0 atom stereocenters. The van der Waals surface area contributed by atoms with Crippen molar-refractivity contribution in [1.82, 2.24) is 4.98 Å². The molecule has 4 rings (SSSR count). The van der Waals surface area contributed by atoms with Gasteiger partial charge in [0.25, 0.3) is 0 Å². The van der Waals surface area contributed by atoms with E-state index >= 15 is 0 Å². The van der Waals surface area contributed by atoms with Crippen molar-refractivity contribution in [3.63, 3.8) is 0 Å². The first kappa shape index (κ1) is 13.6. The molecule has 2 heteroatoms. The van der Waals surface area contributed by atoms with Gasteiger partial charge in [-0.15, -0.1) is 0 Å². The molecule has 112 valence electrons. The van der Waals surface area contributed by atoms with E-state index in [0.717, 1.165) is 28.1 Å². The molecule has 4 aromatic rings. The highest BCUT2D eigenvalue weighted by Crippen LogP contribution is 2.30. The number of fused-ring (bicyclic) bond motifs is 3. The van der Waals surface area contributed by atoms with E-state index in [0.29, 0.717) is 0 Å². The monoisotopic (exact) mass is 299 g/mol. The minimum absolute atomic E-state index is 0.851. The molecule has 3 aromatic carbocycles. The van der Waals surface area contributed by atoms with Crippen LogP contribution in [-0.2, 0) is 0 Å². The van der Waals surface area contributed by atoms with E-state index < -0.39 is 0 Å². The molecule has 2 nitrogen and oxygen atoms in total. The van der Waals surface area contributed by atoms with Gasteiger partial charge in [0.2, 0.25) is 0 Å². The Balaban J connectivity index is 1.81. The zero-order valence-corrected chi connectivity index (χ0v) is 13.0. The summed E-state index contributed by atoms with van der Waals surface area (Å²) in [5, 5.41) is 3.74. The SMILES string of the molecule is C=C(c1ccc(OC)cc1)c1cc2c(ccc3ccccc32)[nH]1. The number of ether oxygens (including phenoxy) is 1. The van der Waals surface area contributed by atoms with Crippen molar-refractivity contribution < 1.29 is 4.74 Å². The highest BCUT2D eigenvalue weighted by molar-refractivity contribution is 6.07. The summed E-state index contributed by atoms with van der Waals surface area (Å²) < 4.78 is 5.21. The summed E-state index contributed by atoms with van der Waals surface area (Å²) in [4.78, 5) is 3.48. The molecule has 0 spiro atoms. The molecule has 0 unspecified atom stereocenters. The normalized spacial score (nSPS) is 11.0. The second-order valence-corrected chi connectivity index (χ2v) is 5.64. The average Bonchev–Trinajstić information content (AvgIpc) is 3.06. The lowest BCUT2D eigenvalue weighted by atomic mass is 10.0. The van der Waals surface area contributed by atoms with Crippen LogP contribution in [0.3, 0.4) is 0 Å². The molecule has 1 N–H and O–H groups in total. The van der Waals surface area contributed by atoms with Gasteiger partial charge in [-0.3, -0.25) is 0 Å². The van der Waals surface area contributed by atoms with Crippen LogP contribution in [0.5, 0.6) is 5.75 Å². The molecule has 0 aliphatic carbocycles. The minimum Gasteiger partial charge on any atom is -0.497 e. The molecule has 0 aliphatic heterocycles. The van der Waals surface area contributed by atoms with E-state index in [1.807, 2.05) is 24.3 Å². The van der Waals surface area contributed by atoms with Gasteiger partial charge in [0, 0.05) is 16.6 Å². The number of benzene rings is 3. The van der Waals surface area contributed by atoms with Crippen LogP contribution in [0.2, 0.25) is 0 Å². The second-order valence-electron chi connectivity index (χ2n) is 5.64. The maximum Gasteiger partial charge on any atom is 0.118 e. The first-order chi connectivity index (χ1) is 11.3. The minimum atomic E-state index is 0.851. The first-order valence-corrected chi connectivity index (χ1v) is 7.60. The first-order valence-electron chi connectivity index (χ1n) is 7.60. The van der Waals surface area contributed by atoms with E-state index in [9.17, 15) is 0 Å². The largest absolute Gasteiger partial charge is 0.497 e. The van der Waals surface area contributed by atoms with Crippen LogP contribution >= 0.6 is 0 Å². The van der Waals surface area contributed by atoms with Crippen molar-refractivity contribution in [2.45, 2.75) is 0 Å². The predicted octanol–water partition coefficient (Wildman–Crippen LogP) is 5.39. The Morgan fingerprint density at radius 1 is 0.913 bits per heavy atom. The van der Waals surface area contributed by atoms with E-state index in [1.54, 1.807) is 7.11 Å². The van der Waals surface area contributed by atoms with E-state index in [1.165, 1.54) is 16.2 Å². The maximum atomic E-state index is 5.21. The standard InChI is InChI=1S/C21H17NO/c1-14(15-7-10-17(23-2)11-8-15)21-13-19-18-6-4-3-5-16(18)9-12-20(19)22-21/h3-13,22H,1H2,2H3. The van der Waals surface area contributed by atoms with Gasteiger partial charge in [-0.05, 0) is 46.2 Å². The van der Waals surface area contributed by atoms with Gasteiger partial charge in [-0.25, -0.2) is 0 Å². The Bertz CT molecular complexity index is 1010. The number of nitrogens with one attached hydrogen (secondary N) is 1. The van der Waals surface area contributed by atoms with E-state index in [4.69, 9.17) is 4.74 Å². The lowest BCUT2D eigenvalue weighted by Crippen LogP contribution is -1.87. The third-order valence-electron chi connectivity index (χ3n) is 4.29. The van der Waals surface area contributed by atoms with Crippen molar-refractivity contribution in [3.8, 4) is 5.75 Å². The summed E-state index contributed by atoms with van der Waals surface area (Å²) in [5.74, 6) is 0.851. The Morgan fingerprint density at radius 2 is 1.70 bits per heavy atom. The smallest absolute Gasteiger partial charge is 0.118 e. The Hall–Kier alpha value is -3.00. The number of methoxy groups -OCH3 is 1. The molecule has 0 amide bonds. The van der Waals surface area contributed by atoms with E-state index in [2.05, 4.69) is 54.0 Å². The number of hydrogen-bond acceptors (Lipinski definition) is 1. The maximum absolute atomic E-state index is 5.21. The molecule has 1 aromatic heterocycles. The highest BCUT2D eigenvalue weighted by atomic mass is 16.5. The molecule has 0 bridgehead atoms. The van der Waals surface area contributed by atoms with Crippen LogP contribution in [-0.4, -0.2) is 12.1 Å². The van der Waals surface area contributed by atoms with Gasteiger partial charge in [0.15, 0.2) is 0 Å². The molecule has 0 aliphatic rings. The van der Waals surface area contributed by atoms with Gasteiger partial charge in [0.1, 0.15) is 5.75 Å². The average molecular weight is 299 g/mol. The third-order valence-corrected chi connectivity index (χ3v) is 4.29. The van der Waals surface area contributed by atoms with Crippen molar-refractivity contribution >= 4 is 27.2 Å². The third kappa shape index (κ3) is 2.29. The van der Waals surface area contributed by atoms with Gasteiger partial charge < -0.3 is 9.72 Å². The van der Waals surface area contributed by atoms with Crippen LogP contribution in [0.15, 0.2) is 73.3 Å². The molecule has 0 fully saturated rings. The Morgan fingerprint density at radius 3 is 2.48 bits per heavy atom. The molecular formula is C21H17NO. The summed E-state index contributed by atoms with van der Waals surface area (Å²) >= 11 is 0. The predicted molar refractivity (Wildman–Crippen MR) is 96.9 cm³/mol. The van der Waals surface area contributed by atoms with E-state index in [-0.39, 0.29) is 0 Å². The summed E-state index contributed by atoms with van der Waals surface area (Å²) in [5.41, 5.74) is 4.24. The van der Waals surface area contributed by atoms with Crippen LogP contribution in [0.25, 0.3) is 27.2 Å². The molecule has 1 heterocycles. The molecule has 0 saturated heterocycles. The number of aromatic nitrogens is 1. The quantitative estimate of drug-likeness (QED) is 0.539. The van der Waals surface area contributed by atoms with Gasteiger partial charge in [-0.2, -0.15) is 0 Å². The van der Waals surface area contributed by atoms with Gasteiger partial charge >= 0.3 is 0 Å². The summed E-state index contributed by atoms with van der Waals surface area (Å²) in [7, 11) is 1.67. The van der Waals surface area contributed by atoms with Crippen LogP contribution in [0.1, 0.15) is 11.3 Å². The highest BCUT2D eigenvalue weighted by Gasteiger charge is 2.09. The van der Waals surface area contributed by atoms with Gasteiger partial charge in [0.05, 0.1) is 7.11 Å². The number of hydrogen-bond donors (Lipinski definition) is 1. The summed E-state index contributed by atoms with van der Waals surface area (Å²) in [6.07, 6.45) is 0. The molecule has 0 saturated carbocycles. The Kier molecular flexibility index (Phi) is 3.16. The van der Waals surface area contributed by atoms with Crippen molar-refractivity contribution in [1.29, 1.82) is 0 Å². The number of rotatable bonds is 3. The summed E-state index contributed by atoms with van der Waals surface area (Å²) in [6, 6.07) is 22.9. The van der Waals surface area contributed by atoms with Crippen molar-refractivity contribution in [3.05, 3.63) is 84.6 Å². The lowest BCUT2D eigenvalue weighted by molar-refractivity contribution is 0.415. The zero-order valence-electron chi connectivity index (χ0n) is 13.0. The Labute approximate surface area is 135 Å². The summed E-state index contributed by atoms with van der Waals surface area (Å²) in [6.45, 7) is 4.25. The van der Waals surface area contributed by atoms with Crippen LogP contribution in [0, 0.1) is 0 Å². The van der Waals surface area contributed by atoms with Crippen molar-refractivity contribution in [2.24, 2.45) is 0 Å². The van der Waals surface area contributed by atoms with Gasteiger partial charge in [-0.1, -0.05) is 49.0 Å². The molecule has 23 heavy (non-hydrogen) atoms. The fraction of sp³-hybridized carbons (Fsp3) is 0.0476. The number of H-pyrrole nitrogens is 1. The fourth-order valence-electron chi connectivity index (χ4n) is 3.00. The zero-order chi connectivity index (χ0) is 15.8. The van der Waals surface area contributed by atoms with Crippen LogP contribution in [0.4, 0.5) is 0 Å². The molecular weight excluding hydrogens is 282 g/mol. The fourth-order valence-corrected chi connectivity index (χ4v) is 3.00. The van der Waals surface area contributed by atoms with Crippen molar-refractivity contribution in [2.75, 3.05) is 7.11 Å². The topological polar surface area (TPSA) is 25.0 Å². The number of aromatic amines is 1. The molecule has 0 radical (unpaired) electrons. The second kappa shape index (κ2) is 5.33. The lowest BCUT2D eigenvalue weighted by Gasteiger charge is -2.05. The van der Waals surface area contributed by atoms with Crippen LogP contribution < -0.4 is 4.74 Å².